The first-order chi connectivity index (χ1) is 11.8. The summed E-state index contributed by atoms with van der Waals surface area (Å²) in [6, 6.07) is 4.59. The third kappa shape index (κ3) is 3.57. The number of halogens is 2. The van der Waals surface area contributed by atoms with Crippen LogP contribution in [0.3, 0.4) is 0 Å². The normalized spacial score (nSPS) is 17.1. The Hall–Kier alpha value is -1.48. The highest BCUT2D eigenvalue weighted by atomic mass is 35.5. The van der Waals surface area contributed by atoms with Gasteiger partial charge in [-0.2, -0.15) is 4.31 Å². The molecular weight excluding hydrogens is 369 g/mol. The summed E-state index contributed by atoms with van der Waals surface area (Å²) in [5.74, 6) is -0.0589. The maximum absolute atomic E-state index is 13.9. The van der Waals surface area contributed by atoms with Crippen LogP contribution in [0.4, 0.5) is 4.39 Å². The van der Waals surface area contributed by atoms with Gasteiger partial charge in [0.1, 0.15) is 16.4 Å². The van der Waals surface area contributed by atoms with Crippen molar-refractivity contribution < 1.29 is 17.3 Å². The lowest BCUT2D eigenvalue weighted by Gasteiger charge is -2.34. The van der Waals surface area contributed by atoms with E-state index < -0.39 is 10.0 Å². The molecule has 0 unspecified atom stereocenters. The fraction of sp³-hybridized carbons (Fsp3) is 0.438. The van der Waals surface area contributed by atoms with E-state index >= 15 is 0 Å². The zero-order valence-electron chi connectivity index (χ0n) is 14.0. The van der Waals surface area contributed by atoms with Crippen molar-refractivity contribution in [1.82, 2.24) is 14.4 Å². The Kier molecular flexibility index (Phi) is 5.15. The van der Waals surface area contributed by atoms with Crippen LogP contribution in [0, 0.1) is 19.7 Å². The molecule has 1 saturated heterocycles. The molecule has 3 rings (SSSR count). The van der Waals surface area contributed by atoms with Crippen LogP contribution in [0.5, 0.6) is 0 Å². The van der Waals surface area contributed by atoms with Crippen molar-refractivity contribution in [2.45, 2.75) is 25.3 Å². The molecule has 0 aliphatic carbocycles. The summed E-state index contributed by atoms with van der Waals surface area (Å²) in [6.07, 6.45) is 0. The van der Waals surface area contributed by atoms with Crippen LogP contribution in [-0.4, -0.2) is 49.0 Å². The van der Waals surface area contributed by atoms with Gasteiger partial charge in [-0.1, -0.05) is 22.8 Å². The molecular formula is C16H19ClFN3O3S. The Labute approximate surface area is 151 Å². The van der Waals surface area contributed by atoms with Crippen LogP contribution >= 0.6 is 11.6 Å². The number of benzene rings is 1. The van der Waals surface area contributed by atoms with Gasteiger partial charge in [0, 0.05) is 43.3 Å². The molecule has 6 nitrogen and oxygen atoms in total. The number of sulfonamides is 1. The van der Waals surface area contributed by atoms with E-state index in [9.17, 15) is 12.8 Å². The van der Waals surface area contributed by atoms with Crippen molar-refractivity contribution in [3.05, 3.63) is 46.1 Å². The number of hydrogen-bond donors (Lipinski definition) is 0. The van der Waals surface area contributed by atoms with Gasteiger partial charge in [-0.25, -0.2) is 12.8 Å². The van der Waals surface area contributed by atoms with Gasteiger partial charge in [0.05, 0.1) is 0 Å². The Bertz CT molecular complexity index is 837. The maximum Gasteiger partial charge on any atom is 0.248 e. The summed E-state index contributed by atoms with van der Waals surface area (Å²) in [5.41, 5.74) is 0.796. The molecule has 1 aromatic heterocycles. The summed E-state index contributed by atoms with van der Waals surface area (Å²) in [5, 5.41) is 4.10. The highest BCUT2D eigenvalue weighted by Crippen LogP contribution is 2.25. The molecule has 1 aliphatic rings. The third-order valence-corrected chi connectivity index (χ3v) is 6.84. The molecule has 0 spiro atoms. The second kappa shape index (κ2) is 7.03. The van der Waals surface area contributed by atoms with Crippen molar-refractivity contribution in [1.29, 1.82) is 0 Å². The summed E-state index contributed by atoms with van der Waals surface area (Å²) in [4.78, 5) is 2.13. The van der Waals surface area contributed by atoms with E-state index in [1.807, 2.05) is 4.90 Å². The lowest BCUT2D eigenvalue weighted by Crippen LogP contribution is -2.48. The molecule has 0 amide bonds. The number of piperazine rings is 1. The number of rotatable bonds is 4. The Morgan fingerprint density at radius 3 is 2.48 bits per heavy atom. The van der Waals surface area contributed by atoms with E-state index in [-0.39, 0.29) is 16.5 Å². The number of nitrogens with zero attached hydrogens (tertiary/aromatic N) is 3. The summed E-state index contributed by atoms with van der Waals surface area (Å²) >= 11 is 6.06. The van der Waals surface area contributed by atoms with E-state index in [0.29, 0.717) is 49.0 Å². The first-order valence-electron chi connectivity index (χ1n) is 7.89. The smallest absolute Gasteiger partial charge is 0.248 e. The molecule has 0 bridgehead atoms. The van der Waals surface area contributed by atoms with Gasteiger partial charge in [-0.15, -0.1) is 0 Å². The van der Waals surface area contributed by atoms with Crippen molar-refractivity contribution in [2.24, 2.45) is 0 Å². The molecule has 1 fully saturated rings. The Morgan fingerprint density at radius 2 is 1.92 bits per heavy atom. The van der Waals surface area contributed by atoms with Crippen molar-refractivity contribution in [3.8, 4) is 0 Å². The second-order valence-corrected chi connectivity index (χ2v) is 8.32. The Balaban J connectivity index is 1.70. The van der Waals surface area contributed by atoms with Crippen LogP contribution in [0.25, 0.3) is 0 Å². The number of hydrogen-bond acceptors (Lipinski definition) is 5. The molecule has 1 aromatic carbocycles. The fourth-order valence-electron chi connectivity index (χ4n) is 3.01. The van der Waals surface area contributed by atoms with Gasteiger partial charge in [-0.3, -0.25) is 4.90 Å². The van der Waals surface area contributed by atoms with Gasteiger partial charge in [0.25, 0.3) is 0 Å². The van der Waals surface area contributed by atoms with E-state index in [1.54, 1.807) is 26.0 Å². The van der Waals surface area contributed by atoms with Crippen LogP contribution in [0.15, 0.2) is 27.6 Å². The number of aryl methyl sites for hydroxylation is 2. The van der Waals surface area contributed by atoms with Gasteiger partial charge in [-0.05, 0) is 26.0 Å². The minimum absolute atomic E-state index is 0.137. The first-order valence-corrected chi connectivity index (χ1v) is 9.71. The zero-order valence-corrected chi connectivity index (χ0v) is 15.6. The minimum Gasteiger partial charge on any atom is -0.360 e. The highest BCUT2D eigenvalue weighted by molar-refractivity contribution is 7.89. The summed E-state index contributed by atoms with van der Waals surface area (Å²) < 4.78 is 45.9. The van der Waals surface area contributed by atoms with E-state index in [2.05, 4.69) is 5.16 Å². The quantitative estimate of drug-likeness (QED) is 0.806. The maximum atomic E-state index is 13.9. The van der Waals surface area contributed by atoms with Crippen LogP contribution in [-0.2, 0) is 16.6 Å². The summed E-state index contributed by atoms with van der Waals surface area (Å²) in [7, 11) is -3.64. The lowest BCUT2D eigenvalue weighted by molar-refractivity contribution is 0.180. The van der Waals surface area contributed by atoms with Crippen molar-refractivity contribution >= 4 is 21.6 Å². The topological polar surface area (TPSA) is 66.7 Å². The molecule has 0 atom stereocenters. The Morgan fingerprint density at radius 1 is 1.24 bits per heavy atom. The average molecular weight is 388 g/mol. The molecule has 1 aliphatic heterocycles. The predicted octanol–water partition coefficient (Wildman–Crippen LogP) is 2.59. The second-order valence-electron chi connectivity index (χ2n) is 6.03. The van der Waals surface area contributed by atoms with E-state index in [0.717, 1.165) is 0 Å². The lowest BCUT2D eigenvalue weighted by atomic mass is 10.2. The van der Waals surface area contributed by atoms with Gasteiger partial charge >= 0.3 is 0 Å². The van der Waals surface area contributed by atoms with Crippen LogP contribution in [0.2, 0.25) is 5.02 Å². The number of aromatic nitrogens is 1. The summed E-state index contributed by atoms with van der Waals surface area (Å²) in [6.45, 7) is 5.17. The van der Waals surface area contributed by atoms with Gasteiger partial charge in [0.15, 0.2) is 5.76 Å². The standard InChI is InChI=1S/C16H19ClFN3O3S/c1-11-16(12(2)24-19-11)25(22,23)21-8-6-20(7-9-21)10-13-14(17)4-3-5-15(13)18/h3-5H,6-10H2,1-2H3. The SMILES string of the molecule is Cc1noc(C)c1S(=O)(=O)N1CCN(Cc2c(F)cccc2Cl)CC1. The van der Waals surface area contributed by atoms with E-state index in [4.69, 9.17) is 16.1 Å². The monoisotopic (exact) mass is 387 g/mol. The molecule has 2 aromatic rings. The largest absolute Gasteiger partial charge is 0.360 e. The molecule has 0 radical (unpaired) electrons. The van der Waals surface area contributed by atoms with Crippen molar-refractivity contribution in [2.75, 3.05) is 26.2 Å². The third-order valence-electron chi connectivity index (χ3n) is 4.34. The fourth-order valence-corrected chi connectivity index (χ4v) is 4.94. The molecule has 2 heterocycles. The zero-order chi connectivity index (χ0) is 18.2. The first kappa shape index (κ1) is 18.3. The van der Waals surface area contributed by atoms with Gasteiger partial charge in [0.2, 0.25) is 10.0 Å². The van der Waals surface area contributed by atoms with Gasteiger partial charge < -0.3 is 4.52 Å². The molecule has 0 saturated carbocycles. The molecule has 9 heteroatoms. The highest BCUT2D eigenvalue weighted by Gasteiger charge is 2.33. The minimum atomic E-state index is -3.64. The van der Waals surface area contributed by atoms with Crippen LogP contribution in [0.1, 0.15) is 17.0 Å². The predicted molar refractivity (Wildman–Crippen MR) is 91.4 cm³/mol. The molecule has 0 N–H and O–H groups in total. The molecule has 136 valence electrons. The average Bonchev–Trinajstić information content (AvgIpc) is 2.91. The van der Waals surface area contributed by atoms with E-state index in [1.165, 1.54) is 10.4 Å². The van der Waals surface area contributed by atoms with Crippen LogP contribution < -0.4 is 0 Å². The molecule has 25 heavy (non-hydrogen) atoms. The van der Waals surface area contributed by atoms with Crippen molar-refractivity contribution in [3.63, 3.8) is 0 Å².